The Labute approximate surface area is 169 Å². The molecule has 0 unspecified atom stereocenters. The van der Waals surface area contributed by atoms with Gasteiger partial charge in [0.1, 0.15) is 13.2 Å². The molecule has 2 N–H and O–H groups in total. The van der Waals surface area contributed by atoms with Gasteiger partial charge in [-0.05, 0) is 30.2 Å². The van der Waals surface area contributed by atoms with Crippen molar-refractivity contribution < 1.29 is 14.3 Å². The van der Waals surface area contributed by atoms with Crippen LogP contribution in [-0.4, -0.2) is 39.5 Å². The lowest BCUT2D eigenvalue weighted by Crippen LogP contribution is -2.36. The minimum atomic E-state index is -0.451. The van der Waals surface area contributed by atoms with Crippen molar-refractivity contribution in [3.63, 3.8) is 0 Å². The number of pyridine rings is 1. The van der Waals surface area contributed by atoms with Crippen LogP contribution in [0.1, 0.15) is 28.4 Å². The van der Waals surface area contributed by atoms with Gasteiger partial charge in [0.05, 0.1) is 17.3 Å². The van der Waals surface area contributed by atoms with E-state index >= 15 is 0 Å². The van der Waals surface area contributed by atoms with E-state index in [0.717, 1.165) is 11.1 Å². The summed E-state index contributed by atoms with van der Waals surface area (Å²) < 4.78 is 6.90. The molecule has 1 amide bonds. The van der Waals surface area contributed by atoms with E-state index < -0.39 is 5.97 Å². The average molecular weight is 403 g/mol. The number of nitrogens with two attached hydrogens (primary N) is 1. The third-order valence-electron chi connectivity index (χ3n) is 4.28. The van der Waals surface area contributed by atoms with Gasteiger partial charge in [-0.3, -0.25) is 9.59 Å². The predicted molar refractivity (Wildman–Crippen MR) is 108 cm³/mol. The van der Waals surface area contributed by atoms with Crippen molar-refractivity contribution in [1.82, 2.24) is 14.5 Å². The van der Waals surface area contributed by atoms with Crippen molar-refractivity contribution in [3.8, 4) is 0 Å². The number of halogens is 1. The lowest BCUT2D eigenvalue weighted by molar-refractivity contribution is -0.145. The van der Waals surface area contributed by atoms with Gasteiger partial charge < -0.3 is 15.4 Å². The number of fused-ring (bicyclic) bond motifs is 1. The second-order valence-corrected chi connectivity index (χ2v) is 6.09. The van der Waals surface area contributed by atoms with Crippen molar-refractivity contribution in [2.24, 2.45) is 5.73 Å². The molecule has 1 aromatic carbocycles. The summed E-state index contributed by atoms with van der Waals surface area (Å²) in [6.07, 6.45) is 3.27. The van der Waals surface area contributed by atoms with E-state index in [1.807, 2.05) is 49.4 Å². The summed E-state index contributed by atoms with van der Waals surface area (Å²) in [5, 5.41) is 4.20. The van der Waals surface area contributed by atoms with Gasteiger partial charge in [0.25, 0.3) is 5.91 Å². The Hall–Kier alpha value is -2.90. The molecule has 3 aromatic rings. The topological polar surface area (TPSA) is 89.9 Å². The number of nitrogens with zero attached hydrogens (tertiary/aromatic N) is 3. The first-order valence-corrected chi connectivity index (χ1v) is 8.77. The van der Waals surface area contributed by atoms with Gasteiger partial charge in [-0.2, -0.15) is 5.10 Å². The monoisotopic (exact) mass is 402 g/mol. The zero-order valence-electron chi connectivity index (χ0n) is 15.6. The van der Waals surface area contributed by atoms with E-state index in [0.29, 0.717) is 24.2 Å². The summed E-state index contributed by atoms with van der Waals surface area (Å²) in [5.41, 5.74) is 8.59. The van der Waals surface area contributed by atoms with Crippen LogP contribution in [0, 0.1) is 0 Å². The van der Waals surface area contributed by atoms with E-state index in [4.69, 9.17) is 10.5 Å². The number of rotatable bonds is 7. The maximum Gasteiger partial charge on any atom is 0.325 e. The first kappa shape index (κ1) is 21.4. The number of ether oxygens (including phenoxy) is 1. The van der Waals surface area contributed by atoms with Gasteiger partial charge in [-0.25, -0.2) is 4.52 Å². The summed E-state index contributed by atoms with van der Waals surface area (Å²) in [7, 11) is 0. The van der Waals surface area contributed by atoms with E-state index in [2.05, 4.69) is 5.10 Å². The van der Waals surface area contributed by atoms with Gasteiger partial charge in [-0.15, -0.1) is 12.4 Å². The number of aromatic nitrogens is 2. The number of benzene rings is 1. The number of esters is 1. The van der Waals surface area contributed by atoms with Crippen molar-refractivity contribution in [2.75, 3.05) is 13.1 Å². The van der Waals surface area contributed by atoms with Crippen LogP contribution in [0.2, 0.25) is 0 Å². The molecule has 8 heteroatoms. The largest absolute Gasteiger partial charge is 0.459 e. The Kier molecular flexibility index (Phi) is 7.54. The van der Waals surface area contributed by atoms with Crippen molar-refractivity contribution in [2.45, 2.75) is 20.1 Å². The van der Waals surface area contributed by atoms with E-state index in [-0.39, 0.29) is 31.5 Å². The molecule has 0 saturated heterocycles. The second kappa shape index (κ2) is 9.87. The van der Waals surface area contributed by atoms with Crippen LogP contribution in [0.3, 0.4) is 0 Å². The molecule has 0 aliphatic rings. The van der Waals surface area contributed by atoms with Crippen molar-refractivity contribution >= 4 is 29.8 Å². The maximum atomic E-state index is 12.9. The third kappa shape index (κ3) is 4.88. The Morgan fingerprint density at radius 1 is 1.18 bits per heavy atom. The van der Waals surface area contributed by atoms with Crippen molar-refractivity contribution in [3.05, 3.63) is 71.5 Å². The number of carbonyl (C=O) groups excluding carboxylic acids is 2. The standard InChI is InChI=1S/C20H22N4O3.ClH/c1-2-23(13-19(25)27-14-15-6-4-3-5-7-15)20(26)17-12-22-24-9-8-16(11-21)10-18(17)24;/h3-10,12H,2,11,13-14,21H2,1H3;1H. The number of carbonyl (C=O) groups is 2. The number of likely N-dealkylation sites (N-methyl/N-ethyl adjacent to an activating group) is 1. The molecule has 3 rings (SSSR count). The number of amides is 1. The highest BCUT2D eigenvalue weighted by atomic mass is 35.5. The molecule has 7 nitrogen and oxygen atoms in total. The lowest BCUT2D eigenvalue weighted by Gasteiger charge is -2.19. The Bertz CT molecular complexity index is 943. The molecule has 0 spiro atoms. The summed E-state index contributed by atoms with van der Waals surface area (Å²) >= 11 is 0. The summed E-state index contributed by atoms with van der Waals surface area (Å²) in [5.74, 6) is -0.716. The quantitative estimate of drug-likeness (QED) is 0.613. The summed E-state index contributed by atoms with van der Waals surface area (Å²) in [6, 6.07) is 13.1. The number of hydrogen-bond donors (Lipinski definition) is 1. The van der Waals surface area contributed by atoms with Crippen LogP contribution in [-0.2, 0) is 22.7 Å². The minimum Gasteiger partial charge on any atom is -0.459 e. The van der Waals surface area contributed by atoms with Crippen LogP contribution in [0.25, 0.3) is 5.52 Å². The summed E-state index contributed by atoms with van der Waals surface area (Å²) in [6.45, 7) is 2.64. The second-order valence-electron chi connectivity index (χ2n) is 6.09. The van der Waals surface area contributed by atoms with Gasteiger partial charge >= 0.3 is 5.97 Å². The highest BCUT2D eigenvalue weighted by Crippen LogP contribution is 2.15. The fourth-order valence-electron chi connectivity index (χ4n) is 2.75. The van der Waals surface area contributed by atoms with Gasteiger partial charge in [0.15, 0.2) is 0 Å². The normalized spacial score (nSPS) is 10.4. The molecule has 0 fully saturated rings. The fourth-order valence-corrected chi connectivity index (χ4v) is 2.75. The average Bonchev–Trinajstić information content (AvgIpc) is 3.13. The molecule has 0 bridgehead atoms. The van der Waals surface area contributed by atoms with Gasteiger partial charge in [-0.1, -0.05) is 30.3 Å². The van der Waals surface area contributed by atoms with Crippen LogP contribution in [0.4, 0.5) is 0 Å². The molecule has 148 valence electrons. The first-order valence-electron chi connectivity index (χ1n) is 8.77. The Morgan fingerprint density at radius 2 is 1.93 bits per heavy atom. The molecule has 0 saturated carbocycles. The number of hydrogen-bond acceptors (Lipinski definition) is 5. The van der Waals surface area contributed by atoms with E-state index in [9.17, 15) is 9.59 Å². The smallest absolute Gasteiger partial charge is 0.325 e. The molecular weight excluding hydrogens is 380 g/mol. The van der Waals surface area contributed by atoms with Crippen LogP contribution in [0.15, 0.2) is 54.9 Å². The van der Waals surface area contributed by atoms with Gasteiger partial charge in [0.2, 0.25) is 0 Å². The zero-order chi connectivity index (χ0) is 19.2. The van der Waals surface area contributed by atoms with Crippen LogP contribution in [0.5, 0.6) is 0 Å². The molecule has 0 atom stereocenters. The summed E-state index contributed by atoms with van der Waals surface area (Å²) in [4.78, 5) is 26.5. The minimum absolute atomic E-state index is 0. The highest BCUT2D eigenvalue weighted by Gasteiger charge is 2.21. The van der Waals surface area contributed by atoms with Gasteiger partial charge in [0, 0.05) is 19.3 Å². The predicted octanol–water partition coefficient (Wildman–Crippen LogP) is 2.42. The maximum absolute atomic E-state index is 12.9. The molecule has 2 heterocycles. The molecule has 0 aliphatic heterocycles. The van der Waals surface area contributed by atoms with Crippen LogP contribution >= 0.6 is 12.4 Å². The fraction of sp³-hybridized carbons (Fsp3) is 0.250. The molecule has 2 aromatic heterocycles. The zero-order valence-corrected chi connectivity index (χ0v) is 16.4. The van der Waals surface area contributed by atoms with Crippen molar-refractivity contribution in [1.29, 1.82) is 0 Å². The SMILES string of the molecule is CCN(CC(=O)OCc1ccccc1)C(=O)c1cnn2ccc(CN)cc12.Cl. The molecule has 28 heavy (non-hydrogen) atoms. The lowest BCUT2D eigenvalue weighted by atomic mass is 10.2. The molecular formula is C20H23ClN4O3. The Balaban J connectivity index is 0.00000280. The van der Waals surface area contributed by atoms with E-state index in [1.165, 1.54) is 11.1 Å². The van der Waals surface area contributed by atoms with Crippen LogP contribution < -0.4 is 5.73 Å². The third-order valence-corrected chi connectivity index (χ3v) is 4.28. The first-order chi connectivity index (χ1) is 13.1. The Morgan fingerprint density at radius 3 is 2.61 bits per heavy atom. The van der Waals surface area contributed by atoms with E-state index in [1.54, 1.807) is 10.7 Å². The molecule has 0 radical (unpaired) electrons. The molecule has 0 aliphatic carbocycles. The highest BCUT2D eigenvalue weighted by molar-refractivity contribution is 6.01.